The van der Waals surface area contributed by atoms with Crippen LogP contribution in [0.4, 0.5) is 0 Å². The summed E-state index contributed by atoms with van der Waals surface area (Å²) < 4.78 is 0. The third kappa shape index (κ3) is 8.87. The molecule has 5 aromatic carbocycles. The van der Waals surface area contributed by atoms with Crippen LogP contribution in [0.1, 0.15) is 100 Å². The predicted octanol–water partition coefficient (Wildman–Crippen LogP) is 13.6. The number of hydrogen-bond acceptors (Lipinski definition) is 0. The summed E-state index contributed by atoms with van der Waals surface area (Å²) in [6.07, 6.45) is 20.3. The molecule has 0 aromatic heterocycles. The van der Waals surface area contributed by atoms with Gasteiger partial charge in [-0.15, -0.1) is 0 Å². The second-order valence-electron chi connectivity index (χ2n) is 14.9. The molecule has 1 unspecified atom stereocenters. The number of benzene rings is 5. The van der Waals surface area contributed by atoms with Crippen molar-refractivity contribution in [3.8, 4) is 0 Å². The molecule has 0 saturated heterocycles. The van der Waals surface area contributed by atoms with E-state index in [1.54, 1.807) is 16.7 Å². The van der Waals surface area contributed by atoms with Crippen molar-refractivity contribution in [1.29, 1.82) is 0 Å². The van der Waals surface area contributed by atoms with Gasteiger partial charge in [0.2, 0.25) is 0 Å². The second-order valence-corrected chi connectivity index (χ2v) is 14.9. The van der Waals surface area contributed by atoms with Gasteiger partial charge < -0.3 is 0 Å². The first-order valence-electron chi connectivity index (χ1n) is 19.1. The molecule has 0 saturated carbocycles. The molecule has 0 spiro atoms. The molecular weight excluding hydrogens is 613 g/mol. The Balaban J connectivity index is 0.000000119. The molecule has 256 valence electrons. The van der Waals surface area contributed by atoms with Gasteiger partial charge in [0.15, 0.2) is 0 Å². The van der Waals surface area contributed by atoms with Crippen molar-refractivity contribution < 1.29 is 0 Å². The summed E-state index contributed by atoms with van der Waals surface area (Å²) in [7, 11) is 0. The first-order chi connectivity index (χ1) is 25.0. The average Bonchev–Trinajstić information content (AvgIpc) is 3.19. The van der Waals surface area contributed by atoms with E-state index in [2.05, 4.69) is 166 Å². The van der Waals surface area contributed by atoms with Gasteiger partial charge in [-0.25, -0.2) is 0 Å². The zero-order valence-corrected chi connectivity index (χ0v) is 30.8. The summed E-state index contributed by atoms with van der Waals surface area (Å²) in [6.45, 7) is 6.43. The monoisotopic (exact) mass is 664 g/mol. The van der Waals surface area contributed by atoms with E-state index in [0.717, 1.165) is 12.8 Å². The largest absolute Gasteiger partial charge is 0.0836 e. The van der Waals surface area contributed by atoms with E-state index >= 15 is 0 Å². The lowest BCUT2D eigenvalue weighted by atomic mass is 9.80. The minimum absolute atomic E-state index is 0.713. The molecule has 0 radical (unpaired) electrons. The molecule has 5 aromatic rings. The van der Waals surface area contributed by atoms with Crippen molar-refractivity contribution in [1.82, 2.24) is 0 Å². The third-order valence-electron chi connectivity index (χ3n) is 11.1. The van der Waals surface area contributed by atoms with Crippen LogP contribution in [0, 0.1) is 20.8 Å². The maximum Gasteiger partial charge on any atom is -0.0118 e. The fraction of sp³-hybridized carbons (Fsp3) is 0.255. The van der Waals surface area contributed by atoms with Crippen LogP contribution >= 0.6 is 0 Å². The van der Waals surface area contributed by atoms with Crippen LogP contribution in [0.3, 0.4) is 0 Å². The van der Waals surface area contributed by atoms with E-state index in [9.17, 15) is 0 Å². The minimum Gasteiger partial charge on any atom is -0.0836 e. The Morgan fingerprint density at radius 3 is 1.73 bits per heavy atom. The maximum atomic E-state index is 2.39. The van der Waals surface area contributed by atoms with Crippen molar-refractivity contribution in [3.05, 3.63) is 206 Å². The normalized spacial score (nSPS) is 17.3. The highest BCUT2D eigenvalue weighted by molar-refractivity contribution is 5.84. The highest BCUT2D eigenvalue weighted by Gasteiger charge is 2.19. The molecule has 0 aliphatic heterocycles. The van der Waals surface area contributed by atoms with Crippen LogP contribution in [0.25, 0.3) is 17.2 Å². The number of fused-ring (bicyclic) bond motifs is 2. The topological polar surface area (TPSA) is 0 Å². The highest BCUT2D eigenvalue weighted by Crippen LogP contribution is 2.36. The van der Waals surface area contributed by atoms with Gasteiger partial charge in [0, 0.05) is 0 Å². The Labute approximate surface area is 307 Å². The Kier molecular flexibility index (Phi) is 11.1. The van der Waals surface area contributed by atoms with Crippen molar-refractivity contribution >= 4 is 17.2 Å². The lowest BCUT2D eigenvalue weighted by Gasteiger charge is -2.25. The zero-order valence-electron chi connectivity index (χ0n) is 30.8. The average molecular weight is 665 g/mol. The smallest absolute Gasteiger partial charge is 0.0118 e. The molecule has 0 fully saturated rings. The van der Waals surface area contributed by atoms with Gasteiger partial charge in [-0.1, -0.05) is 168 Å². The van der Waals surface area contributed by atoms with E-state index in [1.807, 2.05) is 0 Å². The quantitative estimate of drug-likeness (QED) is 0.180. The van der Waals surface area contributed by atoms with Crippen LogP contribution < -0.4 is 0 Å². The van der Waals surface area contributed by atoms with Crippen LogP contribution in [-0.2, 0) is 19.3 Å². The molecule has 0 heterocycles. The fourth-order valence-electron chi connectivity index (χ4n) is 7.94. The summed E-state index contributed by atoms with van der Waals surface area (Å²) >= 11 is 0. The van der Waals surface area contributed by atoms with Crippen molar-refractivity contribution in [2.75, 3.05) is 0 Å². The molecule has 0 amide bonds. The van der Waals surface area contributed by atoms with Crippen LogP contribution in [-0.4, -0.2) is 0 Å². The van der Waals surface area contributed by atoms with Gasteiger partial charge in [-0.05, 0) is 140 Å². The van der Waals surface area contributed by atoms with Gasteiger partial charge >= 0.3 is 0 Å². The lowest BCUT2D eigenvalue weighted by Crippen LogP contribution is -2.12. The Hall–Kier alpha value is -4.94. The third-order valence-corrected chi connectivity index (χ3v) is 11.1. The molecule has 0 N–H and O–H groups in total. The molecule has 1 atom stereocenters. The Bertz CT molecular complexity index is 2060. The highest BCUT2D eigenvalue weighted by atomic mass is 14.2. The van der Waals surface area contributed by atoms with E-state index in [0.29, 0.717) is 5.92 Å². The molecule has 0 heteroatoms. The summed E-state index contributed by atoms with van der Waals surface area (Å²) in [5.41, 5.74) is 20.3. The lowest BCUT2D eigenvalue weighted by molar-refractivity contribution is 0.585. The van der Waals surface area contributed by atoms with E-state index in [1.165, 1.54) is 106 Å². The van der Waals surface area contributed by atoms with E-state index in [4.69, 9.17) is 0 Å². The van der Waals surface area contributed by atoms with Gasteiger partial charge in [-0.3, -0.25) is 0 Å². The van der Waals surface area contributed by atoms with Crippen LogP contribution in [0.15, 0.2) is 151 Å². The number of rotatable bonds is 3. The van der Waals surface area contributed by atoms with E-state index in [-0.39, 0.29) is 0 Å². The summed E-state index contributed by atoms with van der Waals surface area (Å²) in [5, 5.41) is 0. The molecular formula is C51H52. The van der Waals surface area contributed by atoms with Crippen LogP contribution in [0.5, 0.6) is 0 Å². The first-order valence-corrected chi connectivity index (χ1v) is 19.1. The van der Waals surface area contributed by atoms with Crippen molar-refractivity contribution in [2.24, 2.45) is 0 Å². The fourth-order valence-corrected chi connectivity index (χ4v) is 7.94. The van der Waals surface area contributed by atoms with Crippen LogP contribution in [0.2, 0.25) is 0 Å². The minimum atomic E-state index is 0.713. The first kappa shape index (κ1) is 34.5. The summed E-state index contributed by atoms with van der Waals surface area (Å²) in [4.78, 5) is 0. The molecule has 51 heavy (non-hydrogen) atoms. The summed E-state index contributed by atoms with van der Waals surface area (Å²) in [5.74, 6) is 0.713. The molecule has 9 rings (SSSR count). The van der Waals surface area contributed by atoms with Gasteiger partial charge in [0.05, 0.1) is 0 Å². The second kappa shape index (κ2) is 16.4. The molecule has 0 bridgehead atoms. The molecule has 4 aliphatic carbocycles. The standard InChI is InChI=1S/2C17H18.C17H16/c3*1-13-6-8-15(9-7-13)17-11-10-14-4-2-3-5-16(14)12-17/h3,5-9,12H,2,4,10-11H2,1H3;2-9,17H,10-12H2,1H3;2-9,12H,10-11H2,1H3. The predicted molar refractivity (Wildman–Crippen MR) is 220 cm³/mol. The molecule has 0 nitrogen and oxygen atoms in total. The zero-order chi connectivity index (χ0) is 35.0. The summed E-state index contributed by atoms with van der Waals surface area (Å²) in [6, 6.07) is 44.4. The number of hydrogen-bond donors (Lipinski definition) is 0. The Morgan fingerprint density at radius 1 is 0.471 bits per heavy atom. The number of aryl methyl sites for hydroxylation is 5. The van der Waals surface area contributed by atoms with E-state index < -0.39 is 0 Å². The van der Waals surface area contributed by atoms with Gasteiger partial charge in [0.25, 0.3) is 0 Å². The number of allylic oxidation sites excluding steroid dienone is 7. The Morgan fingerprint density at radius 2 is 1.04 bits per heavy atom. The van der Waals surface area contributed by atoms with Gasteiger partial charge in [0.1, 0.15) is 0 Å². The van der Waals surface area contributed by atoms with Crippen molar-refractivity contribution in [3.63, 3.8) is 0 Å². The SMILES string of the molecule is Cc1ccc(C2=CC3=C(CCC=C3)CC2)cc1.Cc1ccc(C2=Cc3ccccc3CC2)cc1.Cc1ccc(C2CCc3ccccc3C2)cc1. The van der Waals surface area contributed by atoms with Crippen molar-refractivity contribution in [2.45, 2.75) is 84.5 Å². The maximum absolute atomic E-state index is 2.39. The van der Waals surface area contributed by atoms with Gasteiger partial charge in [-0.2, -0.15) is 0 Å². The molecule has 4 aliphatic rings.